The Bertz CT molecular complexity index is 766. The van der Waals surface area contributed by atoms with Crippen LogP contribution >= 0.6 is 0 Å². The summed E-state index contributed by atoms with van der Waals surface area (Å²) in [5.74, 6) is -0.132. The van der Waals surface area contributed by atoms with Gasteiger partial charge in [0.1, 0.15) is 10.6 Å². The van der Waals surface area contributed by atoms with Gasteiger partial charge in [-0.05, 0) is 58.5 Å². The average Bonchev–Trinajstić information content (AvgIpc) is 2.48. The van der Waals surface area contributed by atoms with Crippen LogP contribution in [-0.4, -0.2) is 59.1 Å². The Hall–Kier alpha value is -1.64. The van der Waals surface area contributed by atoms with Gasteiger partial charge in [-0.1, -0.05) is 13.8 Å². The van der Waals surface area contributed by atoms with Crippen LogP contribution in [0.4, 0.5) is 0 Å². The van der Waals surface area contributed by atoms with Gasteiger partial charge in [0.2, 0.25) is 10.0 Å². The maximum atomic E-state index is 12.7. The molecule has 0 heterocycles. The number of methoxy groups -OCH3 is 1. The molecule has 1 aromatic rings. The van der Waals surface area contributed by atoms with Gasteiger partial charge in [-0.2, -0.15) is 0 Å². The van der Waals surface area contributed by atoms with Gasteiger partial charge in [0.05, 0.1) is 7.11 Å². The zero-order valence-electron chi connectivity index (χ0n) is 17.6. The lowest BCUT2D eigenvalue weighted by molar-refractivity contribution is 0.0929. The summed E-state index contributed by atoms with van der Waals surface area (Å²) in [6.45, 7) is 10.7. The van der Waals surface area contributed by atoms with Gasteiger partial charge in [-0.3, -0.25) is 4.79 Å². The first kappa shape index (κ1) is 23.4. The van der Waals surface area contributed by atoms with Gasteiger partial charge >= 0.3 is 0 Å². The number of hydrogen-bond donors (Lipinski definition) is 2. The molecular formula is C19H33N3O4S. The summed E-state index contributed by atoms with van der Waals surface area (Å²) >= 11 is 0. The van der Waals surface area contributed by atoms with Gasteiger partial charge in [-0.25, -0.2) is 13.1 Å². The minimum Gasteiger partial charge on any atom is -0.495 e. The van der Waals surface area contributed by atoms with E-state index in [1.807, 2.05) is 14.1 Å². The van der Waals surface area contributed by atoms with E-state index in [0.29, 0.717) is 6.54 Å². The van der Waals surface area contributed by atoms with Crippen molar-refractivity contribution in [2.24, 2.45) is 5.41 Å². The lowest BCUT2D eigenvalue weighted by atomic mass is 9.93. The molecule has 1 rings (SSSR count). The van der Waals surface area contributed by atoms with Crippen molar-refractivity contribution in [2.45, 2.75) is 45.1 Å². The molecule has 1 aromatic carbocycles. The minimum absolute atomic E-state index is 0.0554. The summed E-state index contributed by atoms with van der Waals surface area (Å²) in [5, 5.41) is 2.89. The van der Waals surface area contributed by atoms with Gasteiger partial charge in [0.15, 0.2) is 0 Å². The van der Waals surface area contributed by atoms with E-state index in [1.54, 1.807) is 26.8 Å². The largest absolute Gasteiger partial charge is 0.495 e. The quantitative estimate of drug-likeness (QED) is 0.699. The normalized spacial score (nSPS) is 12.9. The number of hydrogen-bond acceptors (Lipinski definition) is 5. The number of benzene rings is 1. The number of sulfonamides is 1. The van der Waals surface area contributed by atoms with Crippen LogP contribution in [0.5, 0.6) is 5.75 Å². The van der Waals surface area contributed by atoms with Crippen molar-refractivity contribution < 1.29 is 17.9 Å². The van der Waals surface area contributed by atoms with Gasteiger partial charge in [0.25, 0.3) is 5.91 Å². The number of rotatable bonds is 8. The molecule has 0 saturated carbocycles. The van der Waals surface area contributed by atoms with Crippen LogP contribution < -0.4 is 14.8 Å². The van der Waals surface area contributed by atoms with Crippen LogP contribution in [0.2, 0.25) is 0 Å². The summed E-state index contributed by atoms with van der Waals surface area (Å²) in [7, 11) is 1.52. The molecule has 2 N–H and O–H groups in total. The Balaban J connectivity index is 3.09. The second-order valence-electron chi connectivity index (χ2n) is 8.81. The second kappa shape index (κ2) is 8.58. The Morgan fingerprint density at radius 1 is 1.15 bits per heavy atom. The van der Waals surface area contributed by atoms with Crippen molar-refractivity contribution in [1.82, 2.24) is 14.9 Å². The average molecular weight is 400 g/mol. The SMILES string of the molecule is COc1ccc(C(=O)NCC(C)(C)CN(C)C)cc1S(=O)(=O)NC(C)(C)C. The molecular weight excluding hydrogens is 366 g/mol. The first-order valence-electron chi connectivity index (χ1n) is 8.82. The summed E-state index contributed by atoms with van der Waals surface area (Å²) < 4.78 is 33.2. The highest BCUT2D eigenvalue weighted by molar-refractivity contribution is 7.89. The van der Waals surface area contributed by atoms with Crippen LogP contribution in [0.15, 0.2) is 23.1 Å². The fourth-order valence-electron chi connectivity index (χ4n) is 2.82. The molecule has 0 radical (unpaired) electrons. The molecule has 0 spiro atoms. The van der Waals surface area contributed by atoms with Crippen molar-refractivity contribution in [1.29, 1.82) is 0 Å². The lowest BCUT2D eigenvalue weighted by Crippen LogP contribution is -2.41. The minimum atomic E-state index is -3.84. The number of nitrogens with one attached hydrogen (secondary N) is 2. The van der Waals surface area contributed by atoms with Gasteiger partial charge < -0.3 is 15.0 Å². The standard InChI is InChI=1S/C19H33N3O4S/c1-18(2,3)21-27(24,25)16-11-14(9-10-15(16)26-8)17(23)20-12-19(4,5)13-22(6)7/h9-11,21H,12-13H2,1-8H3,(H,20,23). The molecule has 0 aliphatic rings. The monoisotopic (exact) mass is 399 g/mol. The third-order valence-corrected chi connectivity index (χ3v) is 5.41. The fraction of sp³-hybridized carbons (Fsp3) is 0.632. The number of carbonyl (C=O) groups is 1. The van der Waals surface area contributed by atoms with E-state index in [1.165, 1.54) is 19.2 Å². The number of nitrogens with zero attached hydrogens (tertiary/aromatic N) is 1. The zero-order valence-corrected chi connectivity index (χ0v) is 18.5. The fourth-order valence-corrected chi connectivity index (χ4v) is 4.43. The van der Waals surface area contributed by atoms with E-state index >= 15 is 0 Å². The highest BCUT2D eigenvalue weighted by Crippen LogP contribution is 2.26. The molecule has 0 aliphatic carbocycles. The van der Waals surface area contributed by atoms with E-state index in [4.69, 9.17) is 4.74 Å². The van der Waals surface area contributed by atoms with E-state index in [2.05, 4.69) is 28.8 Å². The van der Waals surface area contributed by atoms with Crippen molar-refractivity contribution in [3.8, 4) is 5.75 Å². The molecule has 0 aromatic heterocycles. The Morgan fingerprint density at radius 2 is 1.74 bits per heavy atom. The Labute approximate surface area is 163 Å². The van der Waals surface area contributed by atoms with Crippen molar-refractivity contribution in [2.75, 3.05) is 34.3 Å². The topological polar surface area (TPSA) is 87.7 Å². The molecule has 0 bridgehead atoms. The smallest absolute Gasteiger partial charge is 0.251 e. The number of ether oxygens (including phenoxy) is 1. The zero-order chi connectivity index (χ0) is 21.0. The highest BCUT2D eigenvalue weighted by atomic mass is 32.2. The van der Waals surface area contributed by atoms with Gasteiger partial charge in [0, 0.05) is 24.2 Å². The summed E-state index contributed by atoms with van der Waals surface area (Å²) in [6, 6.07) is 4.40. The predicted molar refractivity (Wildman–Crippen MR) is 108 cm³/mol. The van der Waals surface area contributed by atoms with Crippen LogP contribution in [0.25, 0.3) is 0 Å². The van der Waals surface area contributed by atoms with Crippen LogP contribution in [0.3, 0.4) is 0 Å². The predicted octanol–water partition coefficient (Wildman–Crippen LogP) is 2.09. The molecule has 8 heteroatoms. The molecule has 1 amide bonds. The summed E-state index contributed by atoms with van der Waals surface area (Å²) in [6.07, 6.45) is 0. The molecule has 0 fully saturated rings. The van der Waals surface area contributed by atoms with E-state index in [-0.39, 0.29) is 27.5 Å². The summed E-state index contributed by atoms with van der Waals surface area (Å²) in [5.41, 5.74) is -0.502. The molecule has 154 valence electrons. The van der Waals surface area contributed by atoms with Crippen molar-refractivity contribution in [3.63, 3.8) is 0 Å². The molecule has 27 heavy (non-hydrogen) atoms. The molecule has 0 unspecified atom stereocenters. The number of carbonyl (C=O) groups excluding carboxylic acids is 1. The molecule has 0 aliphatic heterocycles. The van der Waals surface area contributed by atoms with Crippen LogP contribution in [0, 0.1) is 5.41 Å². The van der Waals surface area contributed by atoms with Crippen molar-refractivity contribution in [3.05, 3.63) is 23.8 Å². The van der Waals surface area contributed by atoms with Crippen LogP contribution in [0.1, 0.15) is 45.0 Å². The van der Waals surface area contributed by atoms with Crippen molar-refractivity contribution >= 4 is 15.9 Å². The Morgan fingerprint density at radius 3 is 2.22 bits per heavy atom. The lowest BCUT2D eigenvalue weighted by Gasteiger charge is -2.28. The first-order chi connectivity index (χ1) is 12.2. The molecule has 0 saturated heterocycles. The maximum Gasteiger partial charge on any atom is 0.251 e. The molecule has 0 atom stereocenters. The third-order valence-electron chi connectivity index (χ3n) is 3.63. The Kier molecular flexibility index (Phi) is 7.44. The van der Waals surface area contributed by atoms with E-state index in [9.17, 15) is 13.2 Å². The highest BCUT2D eigenvalue weighted by Gasteiger charge is 2.27. The maximum absolute atomic E-state index is 12.7. The van der Waals surface area contributed by atoms with E-state index in [0.717, 1.165) is 6.54 Å². The second-order valence-corrected chi connectivity index (χ2v) is 10.5. The van der Waals surface area contributed by atoms with Gasteiger partial charge in [-0.15, -0.1) is 0 Å². The summed E-state index contributed by atoms with van der Waals surface area (Å²) in [4.78, 5) is 14.6. The van der Waals surface area contributed by atoms with Crippen LogP contribution in [-0.2, 0) is 10.0 Å². The van der Waals surface area contributed by atoms with E-state index < -0.39 is 15.6 Å². The third kappa shape index (κ3) is 7.48. The first-order valence-corrected chi connectivity index (χ1v) is 10.3. The number of amides is 1. The molecule has 7 nitrogen and oxygen atoms in total.